The van der Waals surface area contributed by atoms with E-state index >= 15 is 4.79 Å². The largest absolute Gasteiger partial charge is 0.340 e. The molecule has 450 valence electrons. The van der Waals surface area contributed by atoms with E-state index < -0.39 is 0 Å². The van der Waals surface area contributed by atoms with Crippen LogP contribution in [-0.4, -0.2) is 86.1 Å². The number of fused-ring (bicyclic) bond motifs is 2. The van der Waals surface area contributed by atoms with Crippen LogP contribution in [0.2, 0.25) is 0 Å². The maximum atomic E-state index is 15.1. The van der Waals surface area contributed by atoms with E-state index in [-0.39, 0.29) is 11.3 Å². The average molecular weight is 1090 g/mol. The lowest BCUT2D eigenvalue weighted by Crippen LogP contribution is -2.53. The number of allylic oxidation sites excluding steroid dienone is 15. The van der Waals surface area contributed by atoms with Crippen molar-refractivity contribution in [2.75, 3.05) is 59.4 Å². The molecular weight excluding hydrogens is 963 g/mol. The van der Waals surface area contributed by atoms with Crippen molar-refractivity contribution < 1.29 is 4.79 Å². The second kappa shape index (κ2) is 35.4. The summed E-state index contributed by atoms with van der Waals surface area (Å²) in [6.45, 7) is 46.9. The summed E-state index contributed by atoms with van der Waals surface area (Å²) < 4.78 is 0. The Bertz CT molecular complexity index is 1940. The number of rotatable bonds is 10. The van der Waals surface area contributed by atoms with Gasteiger partial charge in [0, 0.05) is 38.1 Å². The summed E-state index contributed by atoms with van der Waals surface area (Å²) in [7, 11) is 2.20. The Morgan fingerprint density at radius 1 is 0.570 bits per heavy atom. The molecule has 3 aliphatic carbocycles. The molecule has 2 bridgehead atoms. The summed E-state index contributed by atoms with van der Waals surface area (Å²) in [5, 5.41) is 0. The molecule has 1 amide bonds. The van der Waals surface area contributed by atoms with E-state index in [1.165, 1.54) is 50.5 Å². The molecular formula is C73H127N5O. The number of nitrogens with zero attached hydrogens (tertiary/aromatic N) is 3. The number of piperazine rings is 1. The van der Waals surface area contributed by atoms with Crippen molar-refractivity contribution in [2.24, 2.45) is 117 Å². The Labute approximate surface area is 490 Å². The molecule has 0 aromatic heterocycles. The maximum absolute atomic E-state index is 15.1. The third kappa shape index (κ3) is 23.1. The van der Waals surface area contributed by atoms with Crippen LogP contribution in [-0.2, 0) is 4.79 Å². The normalized spacial score (nSPS) is 41.2. The molecule has 4 aliphatic rings. The highest BCUT2D eigenvalue weighted by Gasteiger charge is 2.48. The lowest BCUT2D eigenvalue weighted by Gasteiger charge is -2.51. The second-order valence-electron chi connectivity index (χ2n) is 28.8. The van der Waals surface area contributed by atoms with Gasteiger partial charge in [0.05, 0.1) is 0 Å². The molecule has 0 spiro atoms. The van der Waals surface area contributed by atoms with Crippen molar-refractivity contribution in [3.05, 3.63) is 97.2 Å². The van der Waals surface area contributed by atoms with E-state index in [1.807, 2.05) is 0 Å². The fourth-order valence-corrected chi connectivity index (χ4v) is 16.3. The number of carbonyl (C=O) groups is 1. The van der Waals surface area contributed by atoms with Gasteiger partial charge in [0.15, 0.2) is 0 Å². The monoisotopic (exact) mass is 1090 g/mol. The molecule has 0 aromatic rings. The second-order valence-corrected chi connectivity index (χ2v) is 28.8. The van der Waals surface area contributed by atoms with Gasteiger partial charge < -0.3 is 21.3 Å². The Hall–Kier alpha value is -2.77. The Morgan fingerprint density at radius 2 is 1.14 bits per heavy atom. The van der Waals surface area contributed by atoms with Crippen LogP contribution in [0, 0.1) is 106 Å². The minimum Gasteiger partial charge on any atom is -0.340 e. The Kier molecular flexibility index (Phi) is 30.8. The predicted octanol–water partition coefficient (Wildman–Crippen LogP) is 17.0. The average Bonchev–Trinajstić information content (AvgIpc) is 3.38. The molecule has 19 atom stereocenters. The van der Waals surface area contributed by atoms with Crippen LogP contribution >= 0.6 is 0 Å². The van der Waals surface area contributed by atoms with E-state index in [2.05, 4.69) is 210 Å². The van der Waals surface area contributed by atoms with Crippen LogP contribution in [0.3, 0.4) is 0 Å². The summed E-state index contributed by atoms with van der Waals surface area (Å²) in [5.74, 6) is 9.88. The van der Waals surface area contributed by atoms with Crippen LogP contribution in [0.25, 0.3) is 0 Å². The Balaban J connectivity index is 1.68. The number of nitrogens with two attached hydrogens (primary N) is 2. The SMILES string of the molecule is C=C1C[C@H](C)C[C@H](C)CC[C@@H](C)[C@H](C)C[C@H](C)C[C@@]2(C)C[C@@H](C[C@@H](C[C@@H]3C[C@H](C)[C@@H](C)[C@H](N(CCCN)CCCN)[C@@H]3C)/C=C/C=C/C=C/C=C/C=C/C=C/C=C/[C@H](C)[C@@H](C)[C@@H](C)[C@H](C)C1)[C@H](C(=O)N1CCN(C)CC1)[C@@H](C)C2. The van der Waals surface area contributed by atoms with Crippen molar-refractivity contribution in [1.29, 1.82) is 0 Å². The Morgan fingerprint density at radius 3 is 1.72 bits per heavy atom. The summed E-state index contributed by atoms with van der Waals surface area (Å²) in [5.41, 5.74) is 14.0. The smallest absolute Gasteiger partial charge is 0.226 e. The van der Waals surface area contributed by atoms with Crippen LogP contribution in [0.5, 0.6) is 0 Å². The van der Waals surface area contributed by atoms with Crippen LogP contribution < -0.4 is 11.5 Å². The van der Waals surface area contributed by atoms with Crippen LogP contribution in [0.4, 0.5) is 0 Å². The van der Waals surface area contributed by atoms with Gasteiger partial charge >= 0.3 is 0 Å². The predicted molar refractivity (Wildman–Crippen MR) is 347 cm³/mol. The molecule has 1 aliphatic heterocycles. The number of carbonyl (C=O) groups excluding carboxylic acids is 1. The van der Waals surface area contributed by atoms with E-state index in [0.717, 1.165) is 103 Å². The standard InChI is InChI=1S/C73H127N5O/c1-53-33-34-57(5)59(7)46-56(4)50-73(15)51-62(10)70(72(79)78-41-39-76(16)40-42-78)69(52-73)49-67(48-68-47-61(9)65(13)71(66(68)14)77(37-29-35-74)38-30-36-75)32-28-26-24-22-20-18-17-19-21-23-25-27-31-58(6)63(11)64(12)60(8)45-55(3)44-54(2)43-53/h17-28,31-32,53-54,56-71H,3,29-30,33-52,74-75H2,1-2,4-16H3/b18-17+,21-19+,22-20+,25-23+,26-24+,31-27+,32-28+/t53-,54-,56+,57-,58+,59-,60-,61+,62+,63-,64+,65-,66-,67-,68+,69-,70-,71+,73-/m1/s1. The third-order valence-corrected chi connectivity index (χ3v) is 21.4. The number of likely N-dealkylation sites (N-methyl/N-ethyl adjacent to an activating group) is 1. The quantitative estimate of drug-likeness (QED) is 0.213. The first-order valence-electron chi connectivity index (χ1n) is 33.0. The summed E-state index contributed by atoms with van der Waals surface area (Å²) in [6.07, 6.45) is 47.5. The van der Waals surface area contributed by atoms with Gasteiger partial charge in [-0.3, -0.25) is 9.69 Å². The molecule has 0 aromatic carbocycles. The molecule has 6 nitrogen and oxygen atoms in total. The fourth-order valence-electron chi connectivity index (χ4n) is 16.3. The van der Waals surface area contributed by atoms with Crippen molar-refractivity contribution in [3.63, 3.8) is 0 Å². The zero-order valence-corrected chi connectivity index (χ0v) is 54.1. The molecule has 0 radical (unpaired) electrons. The van der Waals surface area contributed by atoms with Crippen molar-refractivity contribution in [1.82, 2.24) is 14.7 Å². The van der Waals surface area contributed by atoms with Gasteiger partial charge in [-0.25, -0.2) is 0 Å². The summed E-state index contributed by atoms with van der Waals surface area (Å²) in [6, 6.07) is 0.519. The van der Waals surface area contributed by atoms with Gasteiger partial charge in [-0.1, -0.05) is 207 Å². The zero-order valence-electron chi connectivity index (χ0n) is 54.1. The molecule has 4 N–H and O–H groups in total. The van der Waals surface area contributed by atoms with E-state index in [0.29, 0.717) is 101 Å². The van der Waals surface area contributed by atoms with Gasteiger partial charge in [0.2, 0.25) is 5.91 Å². The molecule has 79 heavy (non-hydrogen) atoms. The van der Waals surface area contributed by atoms with Crippen molar-refractivity contribution in [3.8, 4) is 0 Å². The van der Waals surface area contributed by atoms with Gasteiger partial charge in [-0.15, -0.1) is 0 Å². The topological polar surface area (TPSA) is 78.8 Å². The van der Waals surface area contributed by atoms with Crippen molar-refractivity contribution >= 4 is 5.91 Å². The minimum absolute atomic E-state index is 0.0692. The minimum atomic E-state index is 0.0692. The molecule has 4 rings (SSSR count). The molecule has 3 fully saturated rings. The first-order chi connectivity index (χ1) is 37.6. The molecule has 1 saturated heterocycles. The summed E-state index contributed by atoms with van der Waals surface area (Å²) >= 11 is 0. The highest BCUT2D eigenvalue weighted by molar-refractivity contribution is 5.79. The number of amides is 1. The van der Waals surface area contributed by atoms with E-state index in [4.69, 9.17) is 11.5 Å². The van der Waals surface area contributed by atoms with Crippen LogP contribution in [0.15, 0.2) is 97.2 Å². The molecule has 6 heteroatoms. The van der Waals surface area contributed by atoms with Crippen LogP contribution in [0.1, 0.15) is 187 Å². The van der Waals surface area contributed by atoms with Gasteiger partial charge in [-0.2, -0.15) is 0 Å². The number of hydrogen-bond donors (Lipinski definition) is 2. The van der Waals surface area contributed by atoms with E-state index in [9.17, 15) is 0 Å². The first-order valence-corrected chi connectivity index (χ1v) is 33.0. The molecule has 0 unspecified atom stereocenters. The van der Waals surface area contributed by atoms with Gasteiger partial charge in [0.1, 0.15) is 0 Å². The van der Waals surface area contributed by atoms with Crippen molar-refractivity contribution in [2.45, 2.75) is 193 Å². The third-order valence-electron chi connectivity index (χ3n) is 21.4. The highest BCUT2D eigenvalue weighted by atomic mass is 16.2. The lowest BCUT2D eigenvalue weighted by atomic mass is 9.57. The lowest BCUT2D eigenvalue weighted by molar-refractivity contribution is -0.145. The first kappa shape index (κ1) is 68.7. The molecule has 1 heterocycles. The van der Waals surface area contributed by atoms with Gasteiger partial charge in [-0.05, 0) is 210 Å². The summed E-state index contributed by atoms with van der Waals surface area (Å²) in [4.78, 5) is 22.6. The zero-order chi connectivity index (χ0) is 58.2. The maximum Gasteiger partial charge on any atom is 0.226 e. The fraction of sp³-hybridized carbons (Fsp3) is 0.767. The highest BCUT2D eigenvalue weighted by Crippen LogP contribution is 2.53. The number of hydrogen-bond acceptors (Lipinski definition) is 5. The molecule has 2 saturated carbocycles. The van der Waals surface area contributed by atoms with Gasteiger partial charge in [0.25, 0.3) is 0 Å². The van der Waals surface area contributed by atoms with E-state index in [1.54, 1.807) is 0 Å².